The van der Waals surface area contributed by atoms with Gasteiger partial charge < -0.3 is 4.42 Å². The van der Waals surface area contributed by atoms with Crippen LogP contribution in [-0.2, 0) is 0 Å². The molecule has 5 aromatic carbocycles. The Labute approximate surface area is 312 Å². The highest BCUT2D eigenvalue weighted by atomic mass is 32.1. The van der Waals surface area contributed by atoms with Gasteiger partial charge in [-0.3, -0.25) is 0 Å². The van der Waals surface area contributed by atoms with E-state index in [1.54, 1.807) is 11.3 Å². The Balaban J connectivity index is 0.998. The van der Waals surface area contributed by atoms with Gasteiger partial charge in [0.05, 0.1) is 10.2 Å². The maximum absolute atomic E-state index is 6.13. The Morgan fingerprint density at radius 3 is 2.34 bits per heavy atom. The minimum absolute atomic E-state index is 0.403. The highest BCUT2D eigenvalue weighted by Crippen LogP contribution is 2.38. The van der Waals surface area contributed by atoms with Gasteiger partial charge in [0.1, 0.15) is 16.2 Å². The van der Waals surface area contributed by atoms with Crippen molar-refractivity contribution in [1.29, 1.82) is 0 Å². The molecule has 0 N–H and O–H groups in total. The van der Waals surface area contributed by atoms with Crippen LogP contribution in [-0.4, -0.2) is 19.9 Å². The van der Waals surface area contributed by atoms with Gasteiger partial charge in [-0.05, 0) is 77.9 Å². The van der Waals surface area contributed by atoms with E-state index >= 15 is 0 Å². The van der Waals surface area contributed by atoms with E-state index < -0.39 is 0 Å². The molecule has 0 spiro atoms. The molecule has 2 aliphatic rings. The minimum atomic E-state index is 0.403. The molecule has 11 rings (SSSR count). The molecule has 9 aromatic rings. The van der Waals surface area contributed by atoms with E-state index in [0.29, 0.717) is 29.3 Å². The van der Waals surface area contributed by atoms with Crippen LogP contribution in [0.4, 0.5) is 0 Å². The van der Waals surface area contributed by atoms with Gasteiger partial charge in [-0.25, -0.2) is 19.9 Å². The van der Waals surface area contributed by atoms with Crippen molar-refractivity contribution in [3.63, 3.8) is 0 Å². The van der Waals surface area contributed by atoms with Crippen LogP contribution in [0.3, 0.4) is 0 Å². The number of para-hydroxylation sites is 2. The number of furan rings is 1. The van der Waals surface area contributed by atoms with Crippen LogP contribution in [0, 0.1) is 11.8 Å². The first-order valence-electron chi connectivity index (χ1n) is 17.9. The van der Waals surface area contributed by atoms with Crippen molar-refractivity contribution in [3.8, 4) is 34.2 Å². The number of hydrogen-bond donors (Lipinski definition) is 0. The van der Waals surface area contributed by atoms with Crippen molar-refractivity contribution < 1.29 is 4.42 Å². The third kappa shape index (κ3) is 5.26. The van der Waals surface area contributed by atoms with Crippen molar-refractivity contribution in [2.75, 3.05) is 0 Å². The van der Waals surface area contributed by atoms with E-state index in [0.717, 1.165) is 62.0 Å². The van der Waals surface area contributed by atoms with Crippen LogP contribution in [0.25, 0.3) is 94.1 Å². The summed E-state index contributed by atoms with van der Waals surface area (Å²) >= 11 is 3.63. The average Bonchev–Trinajstić information content (AvgIpc) is 3.94. The van der Waals surface area contributed by atoms with E-state index in [1.165, 1.54) is 30.1 Å². The summed E-state index contributed by atoms with van der Waals surface area (Å²) in [6, 6.07) is 39.5. The van der Waals surface area contributed by atoms with Crippen molar-refractivity contribution in [3.05, 3.63) is 148 Å². The molecule has 0 amide bonds. The quantitative estimate of drug-likeness (QED) is 0.177. The van der Waals surface area contributed by atoms with Crippen LogP contribution in [0.2, 0.25) is 0 Å². The minimum Gasteiger partial charge on any atom is -0.456 e. The van der Waals surface area contributed by atoms with Crippen molar-refractivity contribution >= 4 is 82.6 Å². The van der Waals surface area contributed by atoms with Crippen LogP contribution >= 0.6 is 22.7 Å². The Morgan fingerprint density at radius 2 is 1.42 bits per heavy atom. The number of nitrogens with zero attached hydrogens (tertiary/aromatic N) is 4. The van der Waals surface area contributed by atoms with Gasteiger partial charge in [-0.15, -0.1) is 22.7 Å². The standard InChI is InChI=1S/C46H30N4OS2/c1-2-10-27(11-3-1)43-48-44(30-20-22-39-35(26-30)32-14-4-6-18-38(32)51-39)50-45(49-43)34-16-9-15-33-36-25-29(21-23-40(36)52-42(33)34)28-12-8-13-31(24-28)46-47-37-17-5-7-19-41(37)53-46/h1-20,22-23,25-26,28-29H,21,24H2. The normalized spacial score (nSPS) is 16.9. The Bertz CT molecular complexity index is 3060. The molecule has 252 valence electrons. The molecular weight excluding hydrogens is 689 g/mol. The van der Waals surface area contributed by atoms with Gasteiger partial charge >= 0.3 is 0 Å². The van der Waals surface area contributed by atoms with Crippen molar-refractivity contribution in [2.45, 2.75) is 12.8 Å². The first kappa shape index (κ1) is 30.6. The summed E-state index contributed by atoms with van der Waals surface area (Å²) in [5, 5.41) is 5.83. The Kier molecular flexibility index (Phi) is 7.10. The van der Waals surface area contributed by atoms with Crippen LogP contribution in [0.15, 0.2) is 138 Å². The second-order valence-corrected chi connectivity index (χ2v) is 15.8. The first-order valence-corrected chi connectivity index (χ1v) is 19.6. The molecule has 0 radical (unpaired) electrons. The summed E-state index contributed by atoms with van der Waals surface area (Å²) in [6.07, 6.45) is 13.8. The molecule has 0 fully saturated rings. The summed E-state index contributed by atoms with van der Waals surface area (Å²) in [4.78, 5) is 20.3. The van der Waals surface area contributed by atoms with Gasteiger partial charge in [0.2, 0.25) is 0 Å². The number of thiazole rings is 1. The Morgan fingerprint density at radius 1 is 0.623 bits per heavy atom. The molecule has 0 aliphatic heterocycles. The SMILES string of the molecule is C1=CC(C2C=c3c(sc4c(-c5nc(-c6ccccc6)nc(-c6ccc7oc8ccccc8c7c6)n5)cccc34)=CC2)CC(c2nc3ccccc3s2)=C1. The van der Waals surface area contributed by atoms with Gasteiger partial charge in [-0.1, -0.05) is 103 Å². The van der Waals surface area contributed by atoms with Crippen LogP contribution in [0.1, 0.15) is 17.8 Å². The molecule has 4 heterocycles. The number of allylic oxidation sites excluding steroid dienone is 4. The van der Waals surface area contributed by atoms with Crippen molar-refractivity contribution in [2.24, 2.45) is 11.8 Å². The molecule has 5 nitrogen and oxygen atoms in total. The fraction of sp³-hybridized carbons (Fsp3) is 0.0870. The number of rotatable bonds is 5. The monoisotopic (exact) mass is 718 g/mol. The second-order valence-electron chi connectivity index (χ2n) is 13.7. The molecule has 2 aliphatic carbocycles. The highest BCUT2D eigenvalue weighted by Gasteiger charge is 2.25. The van der Waals surface area contributed by atoms with E-state index in [2.05, 4.69) is 97.1 Å². The fourth-order valence-corrected chi connectivity index (χ4v) is 10.1. The maximum Gasteiger partial charge on any atom is 0.165 e. The number of thiophene rings is 1. The summed E-state index contributed by atoms with van der Waals surface area (Å²) in [5.74, 6) is 2.78. The number of aromatic nitrogens is 4. The lowest BCUT2D eigenvalue weighted by Gasteiger charge is -2.25. The largest absolute Gasteiger partial charge is 0.456 e. The van der Waals surface area contributed by atoms with E-state index in [1.807, 2.05) is 59.9 Å². The average molecular weight is 719 g/mol. The van der Waals surface area contributed by atoms with Gasteiger partial charge in [-0.2, -0.15) is 0 Å². The zero-order valence-electron chi connectivity index (χ0n) is 28.4. The molecule has 2 unspecified atom stereocenters. The summed E-state index contributed by atoms with van der Waals surface area (Å²) in [6.45, 7) is 0. The second kappa shape index (κ2) is 12.3. The van der Waals surface area contributed by atoms with Crippen LogP contribution in [0.5, 0.6) is 0 Å². The number of benzene rings is 5. The predicted molar refractivity (Wildman–Crippen MR) is 220 cm³/mol. The summed E-state index contributed by atoms with van der Waals surface area (Å²) < 4.78 is 9.90. The van der Waals surface area contributed by atoms with Crippen LogP contribution < -0.4 is 9.75 Å². The summed E-state index contributed by atoms with van der Waals surface area (Å²) in [7, 11) is 0. The molecule has 0 saturated carbocycles. The number of fused-ring (bicyclic) bond motifs is 7. The molecule has 2 atom stereocenters. The smallest absolute Gasteiger partial charge is 0.165 e. The zero-order valence-corrected chi connectivity index (χ0v) is 30.1. The topological polar surface area (TPSA) is 64.7 Å². The molecule has 53 heavy (non-hydrogen) atoms. The molecule has 0 bridgehead atoms. The summed E-state index contributed by atoms with van der Waals surface area (Å²) in [5.41, 5.74) is 7.02. The molecule has 0 saturated heterocycles. The third-order valence-electron chi connectivity index (χ3n) is 10.5. The lowest BCUT2D eigenvalue weighted by molar-refractivity contribution is 0.516. The first-order chi connectivity index (χ1) is 26.2. The van der Waals surface area contributed by atoms with E-state index in [4.69, 9.17) is 24.4 Å². The molecular formula is C46H30N4OS2. The fourth-order valence-electron chi connectivity index (χ4n) is 7.85. The molecule has 4 aromatic heterocycles. The van der Waals surface area contributed by atoms with Gasteiger partial charge in [0.25, 0.3) is 0 Å². The van der Waals surface area contributed by atoms with Crippen molar-refractivity contribution in [1.82, 2.24) is 19.9 Å². The van der Waals surface area contributed by atoms with Gasteiger partial charge in [0, 0.05) is 42.1 Å². The third-order valence-corrected chi connectivity index (χ3v) is 12.9. The lowest BCUT2D eigenvalue weighted by atomic mass is 9.80. The lowest BCUT2D eigenvalue weighted by Crippen LogP contribution is -2.27. The van der Waals surface area contributed by atoms with E-state index in [9.17, 15) is 0 Å². The number of hydrogen-bond acceptors (Lipinski definition) is 7. The maximum atomic E-state index is 6.13. The Hall–Kier alpha value is -6.02. The predicted octanol–water partition coefficient (Wildman–Crippen LogP) is 10.8. The van der Waals surface area contributed by atoms with Gasteiger partial charge in [0.15, 0.2) is 17.5 Å². The zero-order chi connectivity index (χ0) is 34.9. The van der Waals surface area contributed by atoms with E-state index in [-0.39, 0.29) is 0 Å². The molecule has 7 heteroatoms. The highest BCUT2D eigenvalue weighted by molar-refractivity contribution is 7.19.